The number of nitrogens with zero attached hydrogens (tertiary/aromatic N) is 1. The first kappa shape index (κ1) is 18.6. The van der Waals surface area contributed by atoms with Crippen LogP contribution in [0.2, 0.25) is 0 Å². The van der Waals surface area contributed by atoms with Gasteiger partial charge in [0.1, 0.15) is 5.75 Å². The van der Waals surface area contributed by atoms with Crippen LogP contribution in [-0.2, 0) is 0 Å². The molecule has 2 atom stereocenters. The summed E-state index contributed by atoms with van der Waals surface area (Å²) in [7, 11) is 0. The van der Waals surface area contributed by atoms with Gasteiger partial charge in [0.05, 0.1) is 16.3 Å². The number of hydrogen-bond acceptors (Lipinski definition) is 4. The molecule has 0 saturated carbocycles. The summed E-state index contributed by atoms with van der Waals surface area (Å²) < 4.78 is 1.15. The van der Waals surface area contributed by atoms with Crippen molar-refractivity contribution in [3.8, 4) is 5.75 Å². The van der Waals surface area contributed by atoms with Gasteiger partial charge >= 0.3 is 0 Å². The highest BCUT2D eigenvalue weighted by atomic mass is 32.1. The van der Waals surface area contributed by atoms with E-state index in [1.807, 2.05) is 42.5 Å². The van der Waals surface area contributed by atoms with Gasteiger partial charge in [-0.15, -0.1) is 0 Å². The normalized spacial score (nSPS) is 13.4. The molecule has 0 aliphatic rings. The summed E-state index contributed by atoms with van der Waals surface area (Å²) in [6.45, 7) is 2.20. The number of hydrogen-bond donors (Lipinski definition) is 2. The Bertz CT molecular complexity index is 1280. The van der Waals surface area contributed by atoms with Gasteiger partial charge in [0.15, 0.2) is 5.13 Å². The topological polar surface area (TPSA) is 45.2 Å². The number of para-hydroxylation sites is 1. The van der Waals surface area contributed by atoms with Crippen LogP contribution in [0.1, 0.15) is 30.0 Å². The number of benzene rings is 4. The lowest BCUT2D eigenvalue weighted by Crippen LogP contribution is -2.18. The maximum Gasteiger partial charge on any atom is 0.184 e. The van der Waals surface area contributed by atoms with Crippen molar-refractivity contribution in [2.75, 3.05) is 5.32 Å². The standard InChI is InChI=1S/C26H22N2OS/c1-17(18-9-3-2-4-10-18)25(28-26-27-21-13-7-8-14-23(21)30-26)24-20-12-6-5-11-19(20)15-16-22(24)29/h2-17,25,29H,1H3,(H,27,28). The molecule has 3 nitrogen and oxygen atoms in total. The van der Waals surface area contributed by atoms with E-state index < -0.39 is 0 Å². The zero-order chi connectivity index (χ0) is 20.5. The Balaban J connectivity index is 1.66. The second kappa shape index (κ2) is 7.81. The summed E-state index contributed by atoms with van der Waals surface area (Å²) in [5, 5.41) is 17.6. The van der Waals surface area contributed by atoms with Crippen LogP contribution in [0.4, 0.5) is 5.13 Å². The van der Waals surface area contributed by atoms with E-state index in [4.69, 9.17) is 4.98 Å². The van der Waals surface area contributed by atoms with E-state index in [-0.39, 0.29) is 12.0 Å². The first-order chi connectivity index (χ1) is 14.7. The second-order valence-electron chi connectivity index (χ2n) is 7.53. The molecule has 4 aromatic carbocycles. The van der Waals surface area contributed by atoms with Crippen LogP contribution in [0.5, 0.6) is 5.75 Å². The molecule has 0 bridgehead atoms. The van der Waals surface area contributed by atoms with Crippen molar-refractivity contribution in [1.82, 2.24) is 4.98 Å². The average Bonchev–Trinajstić information content (AvgIpc) is 3.20. The summed E-state index contributed by atoms with van der Waals surface area (Å²) in [5.41, 5.74) is 3.10. The number of anilines is 1. The number of aromatic nitrogens is 1. The molecule has 0 amide bonds. The van der Waals surface area contributed by atoms with Crippen molar-refractivity contribution in [2.24, 2.45) is 0 Å². The Labute approximate surface area is 179 Å². The van der Waals surface area contributed by atoms with Gasteiger partial charge in [0, 0.05) is 11.5 Å². The first-order valence-electron chi connectivity index (χ1n) is 10.1. The van der Waals surface area contributed by atoms with Crippen molar-refractivity contribution < 1.29 is 5.11 Å². The zero-order valence-electron chi connectivity index (χ0n) is 16.6. The predicted molar refractivity (Wildman–Crippen MR) is 126 cm³/mol. The van der Waals surface area contributed by atoms with Crippen LogP contribution in [0, 0.1) is 0 Å². The maximum atomic E-state index is 10.9. The van der Waals surface area contributed by atoms with Gasteiger partial charge in [0.2, 0.25) is 0 Å². The molecule has 0 fully saturated rings. The molecule has 0 aliphatic carbocycles. The highest BCUT2D eigenvalue weighted by molar-refractivity contribution is 7.22. The average molecular weight is 411 g/mol. The summed E-state index contributed by atoms with van der Waals surface area (Å²) in [4.78, 5) is 4.79. The van der Waals surface area contributed by atoms with Gasteiger partial charge in [-0.3, -0.25) is 0 Å². The van der Waals surface area contributed by atoms with Gasteiger partial charge in [-0.05, 0) is 34.5 Å². The molecular weight excluding hydrogens is 388 g/mol. The molecule has 0 aliphatic heterocycles. The summed E-state index contributed by atoms with van der Waals surface area (Å²) in [5.74, 6) is 0.421. The Kier molecular flexibility index (Phi) is 4.85. The van der Waals surface area contributed by atoms with Crippen molar-refractivity contribution >= 4 is 37.5 Å². The Morgan fingerprint density at radius 2 is 1.57 bits per heavy atom. The van der Waals surface area contributed by atoms with Gasteiger partial charge in [-0.1, -0.05) is 91.1 Å². The van der Waals surface area contributed by atoms with Crippen molar-refractivity contribution in [3.05, 3.63) is 102 Å². The highest BCUT2D eigenvalue weighted by Gasteiger charge is 2.26. The number of phenolic OH excluding ortho intramolecular Hbond substituents is 1. The fraction of sp³-hybridized carbons (Fsp3) is 0.115. The van der Waals surface area contributed by atoms with E-state index in [2.05, 4.69) is 54.7 Å². The molecule has 2 unspecified atom stereocenters. The second-order valence-corrected chi connectivity index (χ2v) is 8.56. The van der Waals surface area contributed by atoms with Crippen LogP contribution in [0.15, 0.2) is 91.0 Å². The molecule has 5 aromatic rings. The predicted octanol–water partition coefficient (Wildman–Crippen LogP) is 7.11. The number of phenols is 1. The van der Waals surface area contributed by atoms with E-state index in [0.29, 0.717) is 5.75 Å². The third kappa shape index (κ3) is 3.40. The van der Waals surface area contributed by atoms with Crippen LogP contribution in [0.25, 0.3) is 21.0 Å². The quantitative estimate of drug-likeness (QED) is 0.324. The molecule has 1 aromatic heterocycles. The van der Waals surface area contributed by atoms with Crippen LogP contribution in [-0.4, -0.2) is 10.1 Å². The Morgan fingerprint density at radius 3 is 2.40 bits per heavy atom. The molecule has 0 radical (unpaired) electrons. The molecule has 1 heterocycles. The van der Waals surface area contributed by atoms with E-state index >= 15 is 0 Å². The van der Waals surface area contributed by atoms with E-state index in [1.165, 1.54) is 5.56 Å². The maximum absolute atomic E-state index is 10.9. The van der Waals surface area contributed by atoms with Crippen molar-refractivity contribution in [2.45, 2.75) is 18.9 Å². The number of aromatic hydroxyl groups is 1. The lowest BCUT2D eigenvalue weighted by molar-refractivity contribution is 0.460. The SMILES string of the molecule is CC(c1ccccc1)C(Nc1nc2ccccc2s1)c1c(O)ccc2ccccc12. The summed E-state index contributed by atoms with van der Waals surface area (Å²) >= 11 is 1.64. The number of rotatable bonds is 5. The number of fused-ring (bicyclic) bond motifs is 2. The molecule has 30 heavy (non-hydrogen) atoms. The molecule has 4 heteroatoms. The first-order valence-corrected chi connectivity index (χ1v) is 10.9. The largest absolute Gasteiger partial charge is 0.508 e. The van der Waals surface area contributed by atoms with Gasteiger partial charge in [-0.2, -0.15) is 0 Å². The van der Waals surface area contributed by atoms with Gasteiger partial charge in [-0.25, -0.2) is 4.98 Å². The fourth-order valence-electron chi connectivity index (χ4n) is 4.07. The van der Waals surface area contributed by atoms with Crippen molar-refractivity contribution in [1.29, 1.82) is 0 Å². The monoisotopic (exact) mass is 410 g/mol. The highest BCUT2D eigenvalue weighted by Crippen LogP contribution is 2.42. The lowest BCUT2D eigenvalue weighted by Gasteiger charge is -2.28. The minimum atomic E-state index is -0.140. The minimum absolute atomic E-state index is 0.120. The third-order valence-electron chi connectivity index (χ3n) is 5.66. The number of nitrogens with one attached hydrogen (secondary N) is 1. The number of thiazole rings is 1. The Morgan fingerprint density at radius 1 is 0.833 bits per heavy atom. The fourth-order valence-corrected chi connectivity index (χ4v) is 4.98. The zero-order valence-corrected chi connectivity index (χ0v) is 17.4. The Hall–Kier alpha value is -3.37. The molecule has 2 N–H and O–H groups in total. The smallest absolute Gasteiger partial charge is 0.184 e. The molecule has 0 saturated heterocycles. The van der Waals surface area contributed by atoms with E-state index in [9.17, 15) is 5.11 Å². The third-order valence-corrected chi connectivity index (χ3v) is 6.62. The minimum Gasteiger partial charge on any atom is -0.508 e. The van der Waals surface area contributed by atoms with E-state index in [0.717, 1.165) is 31.7 Å². The summed E-state index contributed by atoms with van der Waals surface area (Å²) in [6, 6.07) is 30.4. The molecule has 5 rings (SSSR count). The lowest BCUT2D eigenvalue weighted by atomic mass is 9.85. The molecular formula is C26H22N2OS. The van der Waals surface area contributed by atoms with Gasteiger partial charge < -0.3 is 10.4 Å². The summed E-state index contributed by atoms with van der Waals surface area (Å²) in [6.07, 6.45) is 0. The molecule has 148 valence electrons. The molecule has 0 spiro atoms. The van der Waals surface area contributed by atoms with Crippen LogP contribution in [0.3, 0.4) is 0 Å². The van der Waals surface area contributed by atoms with Gasteiger partial charge in [0.25, 0.3) is 0 Å². The van der Waals surface area contributed by atoms with E-state index in [1.54, 1.807) is 17.4 Å². The van der Waals surface area contributed by atoms with Crippen molar-refractivity contribution in [3.63, 3.8) is 0 Å². The van der Waals surface area contributed by atoms with Crippen LogP contribution < -0.4 is 5.32 Å². The van der Waals surface area contributed by atoms with Crippen LogP contribution >= 0.6 is 11.3 Å².